The lowest BCUT2D eigenvalue weighted by Gasteiger charge is -2.10. The molecule has 6 nitrogen and oxygen atoms in total. The largest absolute Gasteiger partial charge is 0.476 e. The number of carbonyl (C=O) groups is 1. The van der Waals surface area contributed by atoms with Gasteiger partial charge in [0.05, 0.1) is 0 Å². The third-order valence-corrected chi connectivity index (χ3v) is 4.82. The molecule has 122 valence electrons. The van der Waals surface area contributed by atoms with E-state index in [2.05, 4.69) is 52.9 Å². The molecule has 0 fully saturated rings. The number of rotatable bonds is 4. The average molecular weight is 359 g/mol. The number of nitrogens with one attached hydrogen (secondary N) is 1. The first kappa shape index (κ1) is 16.6. The number of aromatic amines is 1. The van der Waals surface area contributed by atoms with Gasteiger partial charge >= 0.3 is 5.97 Å². The SMILES string of the molecule is Cc1c(P)cc(-c2ccc(Oc3nn[nH]c3C(=O)O)cc2)cc1P. The van der Waals surface area contributed by atoms with E-state index in [0.29, 0.717) is 5.75 Å². The second kappa shape index (κ2) is 6.68. The van der Waals surface area contributed by atoms with Crippen LogP contribution < -0.4 is 15.3 Å². The molecule has 0 aliphatic rings. The Bertz CT molecular complexity index is 884. The first-order chi connectivity index (χ1) is 11.5. The Kier molecular flexibility index (Phi) is 4.61. The van der Waals surface area contributed by atoms with E-state index < -0.39 is 5.97 Å². The molecule has 3 rings (SSSR count). The Balaban J connectivity index is 1.86. The minimum absolute atomic E-state index is 0.0647. The lowest BCUT2D eigenvalue weighted by atomic mass is 10.0. The highest BCUT2D eigenvalue weighted by atomic mass is 31.0. The molecule has 0 aliphatic heterocycles. The maximum absolute atomic E-state index is 11.0. The van der Waals surface area contributed by atoms with E-state index in [1.165, 1.54) is 5.56 Å². The van der Waals surface area contributed by atoms with Crippen molar-refractivity contribution in [1.29, 1.82) is 0 Å². The molecule has 24 heavy (non-hydrogen) atoms. The first-order valence-electron chi connectivity index (χ1n) is 7.04. The highest BCUT2D eigenvalue weighted by molar-refractivity contribution is 7.29. The van der Waals surface area contributed by atoms with Gasteiger partial charge in [0.25, 0.3) is 5.88 Å². The van der Waals surface area contributed by atoms with Gasteiger partial charge in [-0.3, -0.25) is 0 Å². The molecule has 2 unspecified atom stereocenters. The maximum atomic E-state index is 11.0. The molecule has 8 heteroatoms. The van der Waals surface area contributed by atoms with Gasteiger partial charge in [-0.15, -0.1) is 18.5 Å². The third-order valence-electron chi connectivity index (χ3n) is 3.62. The Labute approximate surface area is 143 Å². The highest BCUT2D eigenvalue weighted by Crippen LogP contribution is 2.26. The van der Waals surface area contributed by atoms with Crippen molar-refractivity contribution in [2.45, 2.75) is 6.92 Å². The summed E-state index contributed by atoms with van der Waals surface area (Å²) in [4.78, 5) is 11.0. The lowest BCUT2D eigenvalue weighted by molar-refractivity contribution is 0.0687. The summed E-state index contributed by atoms with van der Waals surface area (Å²) in [6.07, 6.45) is 0. The van der Waals surface area contributed by atoms with Gasteiger partial charge in [0.2, 0.25) is 5.69 Å². The van der Waals surface area contributed by atoms with Gasteiger partial charge in [-0.2, -0.15) is 0 Å². The second-order valence-electron chi connectivity index (χ2n) is 5.20. The maximum Gasteiger partial charge on any atom is 0.359 e. The summed E-state index contributed by atoms with van der Waals surface area (Å²) in [6.45, 7) is 2.07. The van der Waals surface area contributed by atoms with E-state index in [0.717, 1.165) is 21.7 Å². The molecule has 0 saturated heterocycles. The van der Waals surface area contributed by atoms with Crippen LogP contribution in [0.1, 0.15) is 16.1 Å². The highest BCUT2D eigenvalue weighted by Gasteiger charge is 2.16. The zero-order chi connectivity index (χ0) is 17.3. The van der Waals surface area contributed by atoms with Crippen molar-refractivity contribution < 1.29 is 14.6 Å². The molecule has 0 bridgehead atoms. The lowest BCUT2D eigenvalue weighted by Crippen LogP contribution is -2.09. The number of hydrogen-bond acceptors (Lipinski definition) is 4. The number of H-pyrrole nitrogens is 1. The van der Waals surface area contributed by atoms with E-state index in [-0.39, 0.29) is 11.6 Å². The summed E-state index contributed by atoms with van der Waals surface area (Å²) in [7, 11) is 5.48. The van der Waals surface area contributed by atoms with Gasteiger partial charge in [0, 0.05) is 0 Å². The normalized spacial score (nSPS) is 10.6. The predicted molar refractivity (Wildman–Crippen MR) is 98.7 cm³/mol. The third kappa shape index (κ3) is 3.30. The first-order valence-corrected chi connectivity index (χ1v) is 8.19. The number of ether oxygens (including phenoxy) is 1. The van der Waals surface area contributed by atoms with Crippen LogP contribution in [0.4, 0.5) is 0 Å². The van der Waals surface area contributed by atoms with E-state index >= 15 is 0 Å². The van der Waals surface area contributed by atoms with Crippen molar-refractivity contribution in [1.82, 2.24) is 15.4 Å². The van der Waals surface area contributed by atoms with Gasteiger partial charge in [-0.1, -0.05) is 22.4 Å². The Morgan fingerprint density at radius 3 is 2.33 bits per heavy atom. The van der Waals surface area contributed by atoms with E-state index in [1.54, 1.807) is 12.1 Å². The number of nitrogens with zero attached hydrogens (tertiary/aromatic N) is 2. The second-order valence-corrected chi connectivity index (χ2v) is 6.45. The summed E-state index contributed by atoms with van der Waals surface area (Å²) in [5.41, 5.74) is 3.17. The molecule has 0 saturated carbocycles. The standard InChI is InChI=1S/C16H15N3O3P2/c1-8-12(23)6-10(7-13(8)24)9-2-4-11(5-3-9)22-15-14(16(20)21)17-19-18-15/h2-7H,23-24H2,1H3,(H,20,21)(H,17,18,19). The van der Waals surface area contributed by atoms with Crippen LogP contribution in [0, 0.1) is 6.92 Å². The summed E-state index contributed by atoms with van der Waals surface area (Å²) >= 11 is 0. The van der Waals surface area contributed by atoms with Crippen molar-refractivity contribution in [3.63, 3.8) is 0 Å². The fourth-order valence-electron chi connectivity index (χ4n) is 2.18. The van der Waals surface area contributed by atoms with Crippen LogP contribution in [-0.4, -0.2) is 26.5 Å². The molecular formula is C16H15N3O3P2. The van der Waals surface area contributed by atoms with Gasteiger partial charge in [0.1, 0.15) is 5.75 Å². The molecule has 2 atom stereocenters. The quantitative estimate of drug-likeness (QED) is 0.698. The van der Waals surface area contributed by atoms with Gasteiger partial charge < -0.3 is 9.84 Å². The van der Waals surface area contributed by atoms with E-state index in [1.807, 2.05) is 12.1 Å². The van der Waals surface area contributed by atoms with Crippen molar-refractivity contribution in [3.05, 3.63) is 47.7 Å². The number of aromatic nitrogens is 3. The molecular weight excluding hydrogens is 344 g/mol. The van der Waals surface area contributed by atoms with Gasteiger partial charge in [-0.05, 0) is 58.5 Å². The monoisotopic (exact) mass is 359 g/mol. The number of carboxylic acid groups (broad SMARTS) is 1. The van der Waals surface area contributed by atoms with Crippen molar-refractivity contribution in [3.8, 4) is 22.8 Å². The fourth-order valence-corrected chi connectivity index (χ4v) is 3.04. The van der Waals surface area contributed by atoms with Crippen LogP contribution in [0.3, 0.4) is 0 Å². The molecule has 1 aromatic heterocycles. The summed E-state index contributed by atoms with van der Waals surface area (Å²) in [5, 5.41) is 20.7. The molecule has 3 aromatic rings. The number of benzene rings is 2. The Morgan fingerprint density at radius 1 is 1.12 bits per heavy atom. The molecule has 0 radical (unpaired) electrons. The van der Waals surface area contributed by atoms with Crippen LogP contribution in [-0.2, 0) is 0 Å². The Hall–Kier alpha value is -2.29. The number of aromatic carboxylic acids is 1. The summed E-state index contributed by atoms with van der Waals surface area (Å²) < 4.78 is 5.47. The molecule has 0 amide bonds. The molecule has 0 spiro atoms. The Morgan fingerprint density at radius 2 is 1.75 bits per heavy atom. The van der Waals surface area contributed by atoms with Crippen LogP contribution in [0.15, 0.2) is 36.4 Å². The van der Waals surface area contributed by atoms with Crippen molar-refractivity contribution in [2.75, 3.05) is 0 Å². The average Bonchev–Trinajstić information content (AvgIpc) is 3.01. The van der Waals surface area contributed by atoms with Crippen LogP contribution in [0.2, 0.25) is 0 Å². The van der Waals surface area contributed by atoms with Crippen molar-refractivity contribution >= 4 is 35.1 Å². The predicted octanol–water partition coefficient (Wildman–Crippen LogP) is 2.27. The van der Waals surface area contributed by atoms with E-state index in [4.69, 9.17) is 9.84 Å². The molecule has 1 heterocycles. The van der Waals surface area contributed by atoms with Crippen LogP contribution >= 0.6 is 18.5 Å². The zero-order valence-corrected chi connectivity index (χ0v) is 15.1. The number of carboxylic acids is 1. The molecule has 2 N–H and O–H groups in total. The fraction of sp³-hybridized carbons (Fsp3) is 0.0625. The van der Waals surface area contributed by atoms with Gasteiger partial charge in [0.15, 0.2) is 0 Å². The van der Waals surface area contributed by atoms with Crippen molar-refractivity contribution in [2.24, 2.45) is 0 Å². The topological polar surface area (TPSA) is 88.1 Å². The summed E-state index contributed by atoms with van der Waals surface area (Å²) in [6, 6.07) is 11.6. The van der Waals surface area contributed by atoms with Crippen LogP contribution in [0.5, 0.6) is 11.6 Å². The molecule has 2 aromatic carbocycles. The summed E-state index contributed by atoms with van der Waals surface area (Å²) in [5.74, 6) is -0.753. The number of hydrogen-bond donors (Lipinski definition) is 2. The van der Waals surface area contributed by atoms with Crippen LogP contribution in [0.25, 0.3) is 11.1 Å². The zero-order valence-electron chi connectivity index (χ0n) is 12.8. The smallest absolute Gasteiger partial charge is 0.359 e. The molecule has 0 aliphatic carbocycles. The minimum Gasteiger partial charge on any atom is -0.476 e. The minimum atomic E-state index is -1.17. The van der Waals surface area contributed by atoms with E-state index in [9.17, 15) is 4.79 Å². The van der Waals surface area contributed by atoms with Gasteiger partial charge in [-0.25, -0.2) is 9.89 Å².